The van der Waals surface area contributed by atoms with E-state index in [2.05, 4.69) is 11.9 Å². The van der Waals surface area contributed by atoms with Gasteiger partial charge in [0.2, 0.25) is 6.41 Å². The zero-order valence-corrected chi connectivity index (χ0v) is 6.42. The molecule has 1 aliphatic heterocycles. The van der Waals surface area contributed by atoms with Crippen LogP contribution in [-0.2, 0) is 4.79 Å². The molecule has 0 unspecified atom stereocenters. The average Bonchev–Trinajstić information content (AvgIpc) is 2.14. The first kappa shape index (κ1) is 7.54. The molecular formula is C7H14N2O. The molecule has 10 heavy (non-hydrogen) atoms. The molecule has 0 aromatic carbocycles. The summed E-state index contributed by atoms with van der Waals surface area (Å²) in [5, 5.41) is 0. The third-order valence-electron chi connectivity index (χ3n) is 1.90. The van der Waals surface area contributed by atoms with Crippen LogP contribution >= 0.6 is 0 Å². The Hall–Kier alpha value is -0.570. The van der Waals surface area contributed by atoms with Crippen LogP contribution in [0.1, 0.15) is 6.42 Å². The van der Waals surface area contributed by atoms with Gasteiger partial charge in [0, 0.05) is 19.6 Å². The molecule has 58 valence electrons. The highest BCUT2D eigenvalue weighted by molar-refractivity contribution is 5.46. The van der Waals surface area contributed by atoms with Crippen molar-refractivity contribution in [1.82, 2.24) is 9.80 Å². The van der Waals surface area contributed by atoms with Crippen molar-refractivity contribution in [1.29, 1.82) is 0 Å². The highest BCUT2D eigenvalue weighted by atomic mass is 16.1. The zero-order chi connectivity index (χ0) is 7.40. The minimum Gasteiger partial charge on any atom is -0.344 e. The summed E-state index contributed by atoms with van der Waals surface area (Å²) in [5.41, 5.74) is 0. The standard InChI is InChI=1S/C7H14N2O/c1-8-3-2-4-9(7-10)6-5-8/h7H,2-6H2,1H3. The van der Waals surface area contributed by atoms with Gasteiger partial charge >= 0.3 is 0 Å². The molecule has 1 fully saturated rings. The summed E-state index contributed by atoms with van der Waals surface area (Å²) in [6.07, 6.45) is 2.05. The second-order valence-electron chi connectivity index (χ2n) is 2.80. The molecule has 1 aliphatic rings. The number of carbonyl (C=O) groups excluding carboxylic acids is 1. The van der Waals surface area contributed by atoms with Gasteiger partial charge in [-0.25, -0.2) is 0 Å². The van der Waals surface area contributed by atoms with Crippen LogP contribution < -0.4 is 0 Å². The monoisotopic (exact) mass is 142 g/mol. The molecule has 1 rings (SSSR count). The maximum Gasteiger partial charge on any atom is 0.209 e. The minimum absolute atomic E-state index is 0.889. The lowest BCUT2D eigenvalue weighted by Crippen LogP contribution is -2.27. The van der Waals surface area contributed by atoms with E-state index in [1.807, 2.05) is 4.90 Å². The summed E-state index contributed by atoms with van der Waals surface area (Å²) < 4.78 is 0. The van der Waals surface area contributed by atoms with Crippen LogP contribution in [0.3, 0.4) is 0 Å². The first-order valence-electron chi connectivity index (χ1n) is 3.71. The van der Waals surface area contributed by atoms with Gasteiger partial charge in [-0.05, 0) is 20.0 Å². The Labute approximate surface area is 61.6 Å². The van der Waals surface area contributed by atoms with E-state index in [1.165, 1.54) is 0 Å². The van der Waals surface area contributed by atoms with Crippen LogP contribution in [0.15, 0.2) is 0 Å². The topological polar surface area (TPSA) is 23.6 Å². The molecule has 1 heterocycles. The summed E-state index contributed by atoms with van der Waals surface area (Å²) in [5.74, 6) is 0. The predicted molar refractivity (Wildman–Crippen MR) is 39.8 cm³/mol. The number of amides is 1. The Morgan fingerprint density at radius 3 is 2.70 bits per heavy atom. The van der Waals surface area contributed by atoms with E-state index in [9.17, 15) is 4.79 Å². The van der Waals surface area contributed by atoms with E-state index >= 15 is 0 Å². The zero-order valence-electron chi connectivity index (χ0n) is 6.42. The van der Waals surface area contributed by atoms with Gasteiger partial charge in [0.1, 0.15) is 0 Å². The minimum atomic E-state index is 0.889. The van der Waals surface area contributed by atoms with Gasteiger partial charge < -0.3 is 9.80 Å². The van der Waals surface area contributed by atoms with Gasteiger partial charge in [-0.1, -0.05) is 0 Å². The van der Waals surface area contributed by atoms with Crippen molar-refractivity contribution in [3.05, 3.63) is 0 Å². The molecule has 0 radical (unpaired) electrons. The fourth-order valence-electron chi connectivity index (χ4n) is 1.17. The fourth-order valence-corrected chi connectivity index (χ4v) is 1.17. The molecule has 0 bridgehead atoms. The number of nitrogens with zero attached hydrogens (tertiary/aromatic N) is 2. The quantitative estimate of drug-likeness (QED) is 0.473. The van der Waals surface area contributed by atoms with E-state index in [1.54, 1.807) is 0 Å². The number of rotatable bonds is 1. The van der Waals surface area contributed by atoms with Gasteiger partial charge in [0.15, 0.2) is 0 Å². The third-order valence-corrected chi connectivity index (χ3v) is 1.90. The highest BCUT2D eigenvalue weighted by Crippen LogP contribution is 1.97. The number of carbonyl (C=O) groups is 1. The summed E-state index contributed by atoms with van der Waals surface area (Å²) in [6, 6.07) is 0. The van der Waals surface area contributed by atoms with Gasteiger partial charge in [-0.15, -0.1) is 0 Å². The van der Waals surface area contributed by atoms with Crippen molar-refractivity contribution < 1.29 is 4.79 Å². The summed E-state index contributed by atoms with van der Waals surface area (Å²) in [4.78, 5) is 14.4. The van der Waals surface area contributed by atoms with Crippen LogP contribution in [-0.4, -0.2) is 49.4 Å². The fraction of sp³-hybridized carbons (Fsp3) is 0.857. The lowest BCUT2D eigenvalue weighted by Gasteiger charge is -2.13. The van der Waals surface area contributed by atoms with Crippen LogP contribution in [0, 0.1) is 0 Å². The van der Waals surface area contributed by atoms with Gasteiger partial charge in [-0.2, -0.15) is 0 Å². The van der Waals surface area contributed by atoms with Crippen LogP contribution in [0.25, 0.3) is 0 Å². The molecule has 0 aromatic rings. The maximum absolute atomic E-state index is 10.3. The van der Waals surface area contributed by atoms with Crippen molar-refractivity contribution in [2.75, 3.05) is 33.2 Å². The largest absolute Gasteiger partial charge is 0.344 e. The molecule has 1 amide bonds. The first-order valence-corrected chi connectivity index (χ1v) is 3.71. The summed E-state index contributed by atoms with van der Waals surface area (Å²) in [6.45, 7) is 3.94. The molecule has 3 nitrogen and oxygen atoms in total. The van der Waals surface area contributed by atoms with E-state index in [4.69, 9.17) is 0 Å². The Kier molecular flexibility index (Phi) is 2.68. The summed E-state index contributed by atoms with van der Waals surface area (Å²) >= 11 is 0. The van der Waals surface area contributed by atoms with Gasteiger partial charge in [0.25, 0.3) is 0 Å². The summed E-state index contributed by atoms with van der Waals surface area (Å²) in [7, 11) is 2.09. The molecule has 1 saturated heterocycles. The molecule has 0 aliphatic carbocycles. The van der Waals surface area contributed by atoms with Gasteiger partial charge in [0.05, 0.1) is 0 Å². The molecule has 0 N–H and O–H groups in total. The highest BCUT2D eigenvalue weighted by Gasteiger charge is 2.08. The van der Waals surface area contributed by atoms with Crippen molar-refractivity contribution in [3.8, 4) is 0 Å². The Bertz CT molecular complexity index is 116. The lowest BCUT2D eigenvalue weighted by atomic mass is 10.4. The van der Waals surface area contributed by atoms with Crippen molar-refractivity contribution in [2.45, 2.75) is 6.42 Å². The Morgan fingerprint density at radius 2 is 2.00 bits per heavy atom. The average molecular weight is 142 g/mol. The molecule has 0 atom stereocenters. The van der Waals surface area contributed by atoms with Crippen molar-refractivity contribution in [2.24, 2.45) is 0 Å². The SMILES string of the molecule is CN1CCCN(C=O)CC1. The normalized spacial score (nSPS) is 22.3. The van der Waals surface area contributed by atoms with E-state index in [-0.39, 0.29) is 0 Å². The Balaban J connectivity index is 2.32. The maximum atomic E-state index is 10.3. The second-order valence-corrected chi connectivity index (χ2v) is 2.80. The number of hydrogen-bond acceptors (Lipinski definition) is 2. The Morgan fingerprint density at radius 1 is 1.20 bits per heavy atom. The molecule has 3 heteroatoms. The first-order chi connectivity index (χ1) is 4.83. The molecular weight excluding hydrogens is 128 g/mol. The number of hydrogen-bond donors (Lipinski definition) is 0. The molecule has 0 saturated carbocycles. The smallest absolute Gasteiger partial charge is 0.209 e. The molecule has 0 spiro atoms. The van der Waals surface area contributed by atoms with Crippen molar-refractivity contribution >= 4 is 6.41 Å². The van der Waals surface area contributed by atoms with Crippen LogP contribution in [0.5, 0.6) is 0 Å². The van der Waals surface area contributed by atoms with E-state index < -0.39 is 0 Å². The molecule has 0 aromatic heterocycles. The lowest BCUT2D eigenvalue weighted by molar-refractivity contribution is -0.118. The predicted octanol–water partition coefficient (Wildman–Crippen LogP) is -0.220. The van der Waals surface area contributed by atoms with Gasteiger partial charge in [-0.3, -0.25) is 4.79 Å². The van der Waals surface area contributed by atoms with Crippen LogP contribution in [0.4, 0.5) is 0 Å². The second kappa shape index (κ2) is 3.56. The van der Waals surface area contributed by atoms with E-state index in [0.29, 0.717) is 0 Å². The third kappa shape index (κ3) is 1.99. The van der Waals surface area contributed by atoms with Crippen molar-refractivity contribution in [3.63, 3.8) is 0 Å². The number of likely N-dealkylation sites (N-methyl/N-ethyl adjacent to an activating group) is 1. The van der Waals surface area contributed by atoms with Crippen LogP contribution in [0.2, 0.25) is 0 Å². The van der Waals surface area contributed by atoms with E-state index in [0.717, 1.165) is 39.0 Å².